The quantitative estimate of drug-likeness (QED) is 0.595. The Morgan fingerprint density at radius 3 is 2.31 bits per heavy atom. The zero-order chi connectivity index (χ0) is 9.10. The van der Waals surface area contributed by atoms with Crippen LogP contribution in [0.1, 0.15) is 19.3 Å². The maximum Gasteiger partial charge on any atom is 0.209 e. The van der Waals surface area contributed by atoms with E-state index in [4.69, 9.17) is 0 Å². The van der Waals surface area contributed by atoms with Crippen molar-refractivity contribution in [1.29, 1.82) is 0 Å². The van der Waals surface area contributed by atoms with Crippen LogP contribution in [0.3, 0.4) is 0 Å². The number of carbonyl (C=O) groups excluding carboxylic acids is 1. The third-order valence-electron chi connectivity index (χ3n) is 3.30. The van der Waals surface area contributed by atoms with E-state index in [1.165, 1.54) is 25.8 Å². The van der Waals surface area contributed by atoms with Crippen LogP contribution in [-0.4, -0.2) is 48.9 Å². The number of rotatable bonds is 3. The molecule has 1 saturated heterocycles. The molecule has 2 fully saturated rings. The van der Waals surface area contributed by atoms with Crippen LogP contribution in [0, 0.1) is 5.92 Å². The van der Waals surface area contributed by atoms with Gasteiger partial charge in [0, 0.05) is 32.7 Å². The van der Waals surface area contributed by atoms with E-state index in [-0.39, 0.29) is 0 Å². The molecule has 2 aliphatic rings. The van der Waals surface area contributed by atoms with Gasteiger partial charge in [0.05, 0.1) is 0 Å². The number of nitrogens with zero attached hydrogens (tertiary/aromatic N) is 2. The second kappa shape index (κ2) is 4.09. The first-order chi connectivity index (χ1) is 6.38. The monoisotopic (exact) mass is 182 g/mol. The minimum atomic E-state index is 0.927. The van der Waals surface area contributed by atoms with Crippen LogP contribution >= 0.6 is 0 Å². The van der Waals surface area contributed by atoms with E-state index >= 15 is 0 Å². The fraction of sp³-hybridized carbons (Fsp3) is 0.900. The maximum atomic E-state index is 10.5. The SMILES string of the molecule is O=CN1CCN(CC2CCC2)CC1. The summed E-state index contributed by atoms with van der Waals surface area (Å²) in [5.41, 5.74) is 0. The highest BCUT2D eigenvalue weighted by atomic mass is 16.1. The number of amides is 1. The summed E-state index contributed by atoms with van der Waals surface area (Å²) in [5, 5.41) is 0. The van der Waals surface area contributed by atoms with Crippen LogP contribution in [0.25, 0.3) is 0 Å². The van der Waals surface area contributed by atoms with E-state index in [0.717, 1.165) is 38.5 Å². The predicted molar refractivity (Wildman–Crippen MR) is 51.4 cm³/mol. The fourth-order valence-electron chi connectivity index (χ4n) is 2.09. The van der Waals surface area contributed by atoms with Crippen LogP contribution in [0.4, 0.5) is 0 Å². The van der Waals surface area contributed by atoms with E-state index in [2.05, 4.69) is 4.90 Å². The Labute approximate surface area is 79.7 Å². The van der Waals surface area contributed by atoms with Crippen molar-refractivity contribution >= 4 is 6.41 Å². The summed E-state index contributed by atoms with van der Waals surface area (Å²) >= 11 is 0. The minimum absolute atomic E-state index is 0.927. The van der Waals surface area contributed by atoms with Gasteiger partial charge in [-0.15, -0.1) is 0 Å². The van der Waals surface area contributed by atoms with Gasteiger partial charge in [0.2, 0.25) is 6.41 Å². The average Bonchev–Trinajstić information content (AvgIpc) is 2.12. The van der Waals surface area contributed by atoms with E-state index in [9.17, 15) is 4.79 Å². The van der Waals surface area contributed by atoms with Crippen LogP contribution in [0.15, 0.2) is 0 Å². The number of carbonyl (C=O) groups is 1. The predicted octanol–water partition coefficient (Wildman–Crippen LogP) is 0.560. The molecule has 0 spiro atoms. The van der Waals surface area contributed by atoms with Gasteiger partial charge in [-0.05, 0) is 18.8 Å². The van der Waals surface area contributed by atoms with Gasteiger partial charge in [0.25, 0.3) is 0 Å². The second-order valence-electron chi connectivity index (χ2n) is 4.24. The average molecular weight is 182 g/mol. The third kappa shape index (κ3) is 2.21. The minimum Gasteiger partial charge on any atom is -0.343 e. The summed E-state index contributed by atoms with van der Waals surface area (Å²) in [4.78, 5) is 14.8. The summed E-state index contributed by atoms with van der Waals surface area (Å²) < 4.78 is 0. The first-order valence-corrected chi connectivity index (χ1v) is 5.30. The molecule has 0 aromatic carbocycles. The van der Waals surface area contributed by atoms with Crippen LogP contribution in [0.5, 0.6) is 0 Å². The highest BCUT2D eigenvalue weighted by molar-refractivity contribution is 5.47. The van der Waals surface area contributed by atoms with Crippen LogP contribution in [0.2, 0.25) is 0 Å². The van der Waals surface area contributed by atoms with Crippen molar-refractivity contribution in [2.75, 3.05) is 32.7 Å². The third-order valence-corrected chi connectivity index (χ3v) is 3.30. The molecule has 0 atom stereocenters. The van der Waals surface area contributed by atoms with Crippen LogP contribution < -0.4 is 0 Å². The lowest BCUT2D eigenvalue weighted by molar-refractivity contribution is -0.119. The van der Waals surface area contributed by atoms with Gasteiger partial charge in [-0.2, -0.15) is 0 Å². The summed E-state index contributed by atoms with van der Waals surface area (Å²) in [6, 6.07) is 0. The van der Waals surface area contributed by atoms with E-state index < -0.39 is 0 Å². The molecule has 0 N–H and O–H groups in total. The zero-order valence-corrected chi connectivity index (χ0v) is 8.11. The Kier molecular flexibility index (Phi) is 2.83. The highest BCUT2D eigenvalue weighted by Gasteiger charge is 2.22. The van der Waals surface area contributed by atoms with Crippen molar-refractivity contribution in [1.82, 2.24) is 9.80 Å². The Bertz CT molecular complexity index is 172. The molecule has 1 amide bonds. The van der Waals surface area contributed by atoms with Gasteiger partial charge in [-0.1, -0.05) is 6.42 Å². The number of piperazine rings is 1. The van der Waals surface area contributed by atoms with Crippen molar-refractivity contribution in [3.63, 3.8) is 0 Å². The first kappa shape index (κ1) is 9.00. The van der Waals surface area contributed by atoms with Crippen molar-refractivity contribution in [3.05, 3.63) is 0 Å². The van der Waals surface area contributed by atoms with Crippen molar-refractivity contribution in [2.45, 2.75) is 19.3 Å². The van der Waals surface area contributed by atoms with E-state index in [1.54, 1.807) is 0 Å². The highest BCUT2D eigenvalue weighted by Crippen LogP contribution is 2.27. The molecule has 74 valence electrons. The van der Waals surface area contributed by atoms with E-state index in [0.29, 0.717) is 0 Å². The molecule has 1 aliphatic carbocycles. The lowest BCUT2D eigenvalue weighted by Gasteiger charge is -2.37. The molecule has 0 radical (unpaired) electrons. The largest absolute Gasteiger partial charge is 0.343 e. The smallest absolute Gasteiger partial charge is 0.209 e. The summed E-state index contributed by atoms with van der Waals surface area (Å²) in [7, 11) is 0. The molecule has 0 aromatic heterocycles. The molecule has 0 unspecified atom stereocenters. The normalized spacial score (nSPS) is 25.7. The van der Waals surface area contributed by atoms with Gasteiger partial charge < -0.3 is 4.90 Å². The summed E-state index contributed by atoms with van der Waals surface area (Å²) in [5.74, 6) is 0.961. The Balaban J connectivity index is 1.68. The van der Waals surface area contributed by atoms with Gasteiger partial charge >= 0.3 is 0 Å². The molecule has 0 aromatic rings. The molecular weight excluding hydrogens is 164 g/mol. The Hall–Kier alpha value is -0.570. The Morgan fingerprint density at radius 2 is 1.85 bits per heavy atom. The molecule has 2 rings (SSSR count). The van der Waals surface area contributed by atoms with Gasteiger partial charge in [-0.3, -0.25) is 9.69 Å². The molecule has 1 heterocycles. The van der Waals surface area contributed by atoms with Crippen LogP contribution in [-0.2, 0) is 4.79 Å². The topological polar surface area (TPSA) is 23.6 Å². The van der Waals surface area contributed by atoms with Gasteiger partial charge in [-0.25, -0.2) is 0 Å². The molecule has 0 bridgehead atoms. The standard InChI is InChI=1S/C10H18N2O/c13-9-12-6-4-11(5-7-12)8-10-2-1-3-10/h9-10H,1-8H2. The maximum absolute atomic E-state index is 10.5. The second-order valence-corrected chi connectivity index (χ2v) is 4.24. The number of hydrogen-bond acceptors (Lipinski definition) is 2. The zero-order valence-electron chi connectivity index (χ0n) is 8.11. The van der Waals surface area contributed by atoms with Gasteiger partial charge in [0.1, 0.15) is 0 Å². The first-order valence-electron chi connectivity index (χ1n) is 5.30. The summed E-state index contributed by atoms with van der Waals surface area (Å²) in [6.45, 7) is 5.28. The molecule has 3 nitrogen and oxygen atoms in total. The fourth-order valence-corrected chi connectivity index (χ4v) is 2.09. The molecule has 3 heteroatoms. The van der Waals surface area contributed by atoms with E-state index in [1.807, 2.05) is 4.90 Å². The molecule has 1 aliphatic heterocycles. The molecular formula is C10H18N2O. The molecule has 1 saturated carbocycles. The molecule has 13 heavy (non-hydrogen) atoms. The lowest BCUT2D eigenvalue weighted by Crippen LogP contribution is -2.47. The Morgan fingerprint density at radius 1 is 1.15 bits per heavy atom. The number of hydrogen-bond donors (Lipinski definition) is 0. The van der Waals surface area contributed by atoms with Crippen molar-refractivity contribution < 1.29 is 4.79 Å². The summed E-state index contributed by atoms with van der Waals surface area (Å²) in [6.07, 6.45) is 5.25. The van der Waals surface area contributed by atoms with Gasteiger partial charge in [0.15, 0.2) is 0 Å². The van der Waals surface area contributed by atoms with Crippen molar-refractivity contribution in [3.8, 4) is 0 Å². The lowest BCUT2D eigenvalue weighted by atomic mass is 9.85. The van der Waals surface area contributed by atoms with Crippen molar-refractivity contribution in [2.24, 2.45) is 5.92 Å².